The molecule has 19 heavy (non-hydrogen) atoms. The van der Waals surface area contributed by atoms with E-state index in [2.05, 4.69) is 0 Å². The number of likely N-dealkylation sites (N-methyl/N-ethyl adjacent to an activating group) is 1. The highest BCUT2D eigenvalue weighted by molar-refractivity contribution is 5.80. The summed E-state index contributed by atoms with van der Waals surface area (Å²) >= 11 is 0. The molecule has 0 aromatic heterocycles. The molecule has 0 saturated heterocycles. The van der Waals surface area contributed by atoms with Gasteiger partial charge in [0.25, 0.3) is 0 Å². The van der Waals surface area contributed by atoms with Gasteiger partial charge in [-0.1, -0.05) is 25.1 Å². The molecule has 0 heterocycles. The lowest BCUT2D eigenvalue weighted by molar-refractivity contribution is -0.142. The fourth-order valence-electron chi connectivity index (χ4n) is 1.75. The monoisotopic (exact) mass is 265 g/mol. The van der Waals surface area contributed by atoms with Gasteiger partial charge in [-0.25, -0.2) is 0 Å². The van der Waals surface area contributed by atoms with Crippen molar-refractivity contribution in [2.45, 2.75) is 20.3 Å². The molecule has 1 rings (SSSR count). The summed E-state index contributed by atoms with van der Waals surface area (Å²) in [6.07, 6.45) is 0.0762. The first-order valence-electron chi connectivity index (χ1n) is 6.23. The average molecular weight is 265 g/mol. The van der Waals surface area contributed by atoms with Crippen LogP contribution in [-0.4, -0.2) is 40.1 Å². The predicted octanol–water partition coefficient (Wildman–Crippen LogP) is 1.50. The third kappa shape index (κ3) is 4.28. The molecular formula is C14H19NO4. The molecule has 0 bridgehead atoms. The molecule has 1 atom stereocenters. The van der Waals surface area contributed by atoms with E-state index >= 15 is 0 Å². The van der Waals surface area contributed by atoms with Gasteiger partial charge in [0.05, 0.1) is 12.3 Å². The lowest BCUT2D eigenvalue weighted by atomic mass is 10.1. The van der Waals surface area contributed by atoms with Crippen molar-refractivity contribution in [1.29, 1.82) is 0 Å². The topological polar surface area (TPSA) is 77.8 Å². The van der Waals surface area contributed by atoms with E-state index in [1.165, 1.54) is 11.0 Å². The van der Waals surface area contributed by atoms with Crippen LogP contribution in [0.15, 0.2) is 24.3 Å². The average Bonchev–Trinajstić information content (AvgIpc) is 2.38. The molecule has 1 amide bonds. The minimum absolute atomic E-state index is 0.0762. The Hall–Kier alpha value is -2.04. The number of carboxylic acids is 1. The van der Waals surface area contributed by atoms with E-state index in [0.29, 0.717) is 12.1 Å². The first-order valence-corrected chi connectivity index (χ1v) is 6.23. The Morgan fingerprint density at radius 1 is 1.32 bits per heavy atom. The van der Waals surface area contributed by atoms with Gasteiger partial charge < -0.3 is 15.1 Å². The maximum Gasteiger partial charge on any atom is 0.308 e. The van der Waals surface area contributed by atoms with Crippen LogP contribution in [-0.2, 0) is 16.0 Å². The highest BCUT2D eigenvalue weighted by Gasteiger charge is 2.20. The summed E-state index contributed by atoms with van der Waals surface area (Å²) in [5.41, 5.74) is 0.550. The fourth-order valence-corrected chi connectivity index (χ4v) is 1.75. The molecule has 5 nitrogen and oxygen atoms in total. The predicted molar refractivity (Wildman–Crippen MR) is 70.9 cm³/mol. The molecule has 2 N–H and O–H groups in total. The SMILES string of the molecule is CCN(CC(C)C(=O)O)C(=O)Cc1ccccc1O. The van der Waals surface area contributed by atoms with Gasteiger partial charge in [-0.3, -0.25) is 9.59 Å². The number of carbonyl (C=O) groups excluding carboxylic acids is 1. The Balaban J connectivity index is 2.69. The molecular weight excluding hydrogens is 246 g/mol. The number of benzene rings is 1. The molecule has 1 aromatic rings. The molecule has 0 radical (unpaired) electrons. The van der Waals surface area contributed by atoms with Crippen LogP contribution in [0.25, 0.3) is 0 Å². The Morgan fingerprint density at radius 3 is 2.47 bits per heavy atom. The summed E-state index contributed by atoms with van der Waals surface area (Å²) in [6.45, 7) is 4.00. The number of nitrogens with zero attached hydrogens (tertiary/aromatic N) is 1. The summed E-state index contributed by atoms with van der Waals surface area (Å²) in [5, 5.41) is 18.5. The summed E-state index contributed by atoms with van der Waals surface area (Å²) < 4.78 is 0. The number of aromatic hydroxyl groups is 1. The quantitative estimate of drug-likeness (QED) is 0.817. The standard InChI is InChI=1S/C14H19NO4/c1-3-15(9-10(2)14(18)19)13(17)8-11-6-4-5-7-12(11)16/h4-7,10,16H,3,8-9H2,1-2H3,(H,18,19). The maximum absolute atomic E-state index is 12.1. The molecule has 0 spiro atoms. The number of phenolic OH excluding ortho intramolecular Hbond substituents is 1. The lowest BCUT2D eigenvalue weighted by Gasteiger charge is -2.23. The van der Waals surface area contributed by atoms with Crippen molar-refractivity contribution in [2.75, 3.05) is 13.1 Å². The number of aliphatic carboxylic acids is 1. The first kappa shape index (κ1) is 15.0. The van der Waals surface area contributed by atoms with Crippen LogP contribution in [0.2, 0.25) is 0 Å². The van der Waals surface area contributed by atoms with Crippen LogP contribution in [0, 0.1) is 5.92 Å². The molecule has 0 aliphatic heterocycles. The van der Waals surface area contributed by atoms with Crippen molar-refractivity contribution in [3.8, 4) is 5.75 Å². The van der Waals surface area contributed by atoms with E-state index in [9.17, 15) is 14.7 Å². The van der Waals surface area contributed by atoms with E-state index in [1.807, 2.05) is 0 Å². The second-order valence-corrected chi connectivity index (χ2v) is 4.48. The number of hydrogen-bond donors (Lipinski definition) is 2. The van der Waals surface area contributed by atoms with Gasteiger partial charge in [-0.2, -0.15) is 0 Å². The molecule has 1 unspecified atom stereocenters. The second-order valence-electron chi connectivity index (χ2n) is 4.48. The van der Waals surface area contributed by atoms with Crippen molar-refractivity contribution in [3.63, 3.8) is 0 Å². The third-order valence-electron chi connectivity index (χ3n) is 2.98. The van der Waals surface area contributed by atoms with Gasteiger partial charge in [0.2, 0.25) is 5.91 Å². The van der Waals surface area contributed by atoms with Gasteiger partial charge in [0.15, 0.2) is 0 Å². The normalized spacial score (nSPS) is 11.9. The summed E-state index contributed by atoms with van der Waals surface area (Å²) in [6, 6.07) is 6.65. The number of amides is 1. The third-order valence-corrected chi connectivity index (χ3v) is 2.98. The molecule has 1 aromatic carbocycles. The van der Waals surface area contributed by atoms with E-state index in [-0.39, 0.29) is 24.6 Å². The second kappa shape index (κ2) is 6.78. The Bertz CT molecular complexity index is 459. The highest BCUT2D eigenvalue weighted by atomic mass is 16.4. The molecule has 5 heteroatoms. The van der Waals surface area contributed by atoms with E-state index < -0.39 is 11.9 Å². The minimum atomic E-state index is -0.922. The molecule has 0 saturated carbocycles. The number of carbonyl (C=O) groups is 2. The smallest absolute Gasteiger partial charge is 0.308 e. The number of para-hydroxylation sites is 1. The zero-order valence-electron chi connectivity index (χ0n) is 11.2. The molecule has 0 aliphatic carbocycles. The minimum Gasteiger partial charge on any atom is -0.508 e. The van der Waals surface area contributed by atoms with E-state index in [1.54, 1.807) is 32.0 Å². The summed E-state index contributed by atoms with van der Waals surface area (Å²) in [5.74, 6) is -1.63. The zero-order valence-corrected chi connectivity index (χ0v) is 11.2. The van der Waals surface area contributed by atoms with Crippen LogP contribution in [0.5, 0.6) is 5.75 Å². The lowest BCUT2D eigenvalue weighted by Crippen LogP contribution is -2.37. The largest absolute Gasteiger partial charge is 0.508 e. The van der Waals surface area contributed by atoms with Crippen molar-refractivity contribution in [3.05, 3.63) is 29.8 Å². The number of rotatable bonds is 6. The number of phenols is 1. The first-order chi connectivity index (χ1) is 8.95. The van der Waals surface area contributed by atoms with Crippen molar-refractivity contribution < 1.29 is 19.8 Å². The molecule has 0 fully saturated rings. The van der Waals surface area contributed by atoms with Crippen LogP contribution >= 0.6 is 0 Å². The zero-order chi connectivity index (χ0) is 14.4. The van der Waals surface area contributed by atoms with Crippen LogP contribution in [0.1, 0.15) is 19.4 Å². The van der Waals surface area contributed by atoms with Gasteiger partial charge in [-0.15, -0.1) is 0 Å². The van der Waals surface area contributed by atoms with Gasteiger partial charge >= 0.3 is 5.97 Å². The molecule has 0 aliphatic rings. The number of carboxylic acid groups (broad SMARTS) is 1. The van der Waals surface area contributed by atoms with Crippen LogP contribution in [0.3, 0.4) is 0 Å². The van der Waals surface area contributed by atoms with Crippen molar-refractivity contribution in [1.82, 2.24) is 4.90 Å². The summed E-state index contributed by atoms with van der Waals surface area (Å²) in [7, 11) is 0. The van der Waals surface area contributed by atoms with Gasteiger partial charge in [-0.05, 0) is 13.0 Å². The maximum atomic E-state index is 12.1. The molecule has 104 valence electrons. The van der Waals surface area contributed by atoms with Gasteiger partial charge in [0.1, 0.15) is 5.75 Å². The van der Waals surface area contributed by atoms with Gasteiger partial charge in [0, 0.05) is 18.7 Å². The highest BCUT2D eigenvalue weighted by Crippen LogP contribution is 2.17. The summed E-state index contributed by atoms with van der Waals surface area (Å²) in [4.78, 5) is 24.4. The van der Waals surface area contributed by atoms with Crippen LogP contribution in [0.4, 0.5) is 0 Å². The van der Waals surface area contributed by atoms with E-state index in [4.69, 9.17) is 5.11 Å². The van der Waals surface area contributed by atoms with E-state index in [0.717, 1.165) is 0 Å². The van der Waals surface area contributed by atoms with Crippen LogP contribution < -0.4 is 0 Å². The Labute approximate surface area is 112 Å². The Morgan fingerprint density at radius 2 is 1.95 bits per heavy atom. The van der Waals surface area contributed by atoms with Crippen molar-refractivity contribution in [2.24, 2.45) is 5.92 Å². The fraction of sp³-hybridized carbons (Fsp3) is 0.429. The van der Waals surface area contributed by atoms with Crippen molar-refractivity contribution >= 4 is 11.9 Å². The Kier molecular flexibility index (Phi) is 5.36. The number of hydrogen-bond acceptors (Lipinski definition) is 3.